The highest BCUT2D eigenvalue weighted by molar-refractivity contribution is 5.80. The lowest BCUT2D eigenvalue weighted by molar-refractivity contribution is -0.144. The second kappa shape index (κ2) is 5.91. The molecule has 5 nitrogen and oxygen atoms in total. The number of carbonyl (C=O) groups is 2. The molecule has 0 aliphatic heterocycles. The van der Waals surface area contributed by atoms with Crippen molar-refractivity contribution in [2.24, 2.45) is 11.8 Å². The highest BCUT2D eigenvalue weighted by atomic mass is 16.4. The fourth-order valence-electron chi connectivity index (χ4n) is 2.59. The van der Waals surface area contributed by atoms with Gasteiger partial charge in [-0.05, 0) is 38.3 Å². The molecule has 1 saturated carbocycles. The molecule has 2 rings (SSSR count). The molecule has 1 aliphatic carbocycles. The van der Waals surface area contributed by atoms with Gasteiger partial charge >= 0.3 is 5.97 Å². The second-order valence-corrected chi connectivity index (χ2v) is 5.14. The van der Waals surface area contributed by atoms with Gasteiger partial charge in [0.15, 0.2) is 0 Å². The van der Waals surface area contributed by atoms with Gasteiger partial charge in [-0.25, -0.2) is 0 Å². The van der Waals surface area contributed by atoms with Crippen LogP contribution in [0, 0.1) is 11.8 Å². The zero-order valence-corrected chi connectivity index (χ0v) is 11.0. The van der Waals surface area contributed by atoms with E-state index in [0.29, 0.717) is 18.6 Å². The van der Waals surface area contributed by atoms with Crippen molar-refractivity contribution in [2.75, 3.05) is 0 Å². The molecule has 2 N–H and O–H groups in total. The molecule has 3 unspecified atom stereocenters. The van der Waals surface area contributed by atoms with Crippen LogP contribution in [0.1, 0.15) is 44.4 Å². The van der Waals surface area contributed by atoms with Crippen molar-refractivity contribution in [3.05, 3.63) is 24.2 Å². The SMILES string of the molecule is CC(NC(=O)C1CCCC(C(=O)O)C1)c1ccco1. The summed E-state index contributed by atoms with van der Waals surface area (Å²) in [4.78, 5) is 23.1. The number of carbonyl (C=O) groups excluding carboxylic acids is 1. The average molecular weight is 265 g/mol. The van der Waals surface area contributed by atoms with E-state index < -0.39 is 5.97 Å². The Morgan fingerprint density at radius 3 is 2.79 bits per heavy atom. The number of carboxylic acid groups (broad SMARTS) is 1. The number of carboxylic acids is 1. The first kappa shape index (κ1) is 13.6. The number of nitrogens with one attached hydrogen (secondary N) is 1. The van der Waals surface area contributed by atoms with Gasteiger partial charge in [-0.3, -0.25) is 9.59 Å². The molecule has 1 aliphatic rings. The molecule has 5 heteroatoms. The van der Waals surface area contributed by atoms with Gasteiger partial charge in [-0.1, -0.05) is 6.42 Å². The molecule has 0 spiro atoms. The maximum absolute atomic E-state index is 12.1. The summed E-state index contributed by atoms with van der Waals surface area (Å²) >= 11 is 0. The fourth-order valence-corrected chi connectivity index (χ4v) is 2.59. The molecule has 19 heavy (non-hydrogen) atoms. The van der Waals surface area contributed by atoms with E-state index in [1.54, 1.807) is 12.3 Å². The van der Waals surface area contributed by atoms with Gasteiger partial charge in [0.25, 0.3) is 0 Å². The lowest BCUT2D eigenvalue weighted by Gasteiger charge is -2.26. The summed E-state index contributed by atoms with van der Waals surface area (Å²) in [6.45, 7) is 1.86. The normalized spacial score (nSPS) is 24.7. The van der Waals surface area contributed by atoms with Crippen molar-refractivity contribution in [3.63, 3.8) is 0 Å². The van der Waals surface area contributed by atoms with Gasteiger partial charge in [-0.15, -0.1) is 0 Å². The third-order valence-corrected chi connectivity index (χ3v) is 3.72. The van der Waals surface area contributed by atoms with Gasteiger partial charge in [0, 0.05) is 5.92 Å². The molecule has 0 saturated heterocycles. The van der Waals surface area contributed by atoms with Gasteiger partial charge in [0.1, 0.15) is 5.76 Å². The van der Waals surface area contributed by atoms with Crippen molar-refractivity contribution in [2.45, 2.75) is 38.6 Å². The van der Waals surface area contributed by atoms with E-state index in [4.69, 9.17) is 9.52 Å². The quantitative estimate of drug-likeness (QED) is 0.875. The zero-order valence-electron chi connectivity index (χ0n) is 11.0. The summed E-state index contributed by atoms with van der Waals surface area (Å²) in [5.74, 6) is -0.749. The van der Waals surface area contributed by atoms with Gasteiger partial charge in [0.05, 0.1) is 18.2 Å². The topological polar surface area (TPSA) is 79.5 Å². The van der Waals surface area contributed by atoms with Gasteiger partial charge in [0.2, 0.25) is 5.91 Å². The number of furan rings is 1. The van der Waals surface area contributed by atoms with Crippen LogP contribution in [0.5, 0.6) is 0 Å². The predicted molar refractivity (Wildman–Crippen MR) is 68.3 cm³/mol. The minimum atomic E-state index is -0.795. The predicted octanol–water partition coefficient (Wildman–Crippen LogP) is 2.35. The Balaban J connectivity index is 1.91. The van der Waals surface area contributed by atoms with Crippen LogP contribution in [-0.2, 0) is 9.59 Å². The minimum Gasteiger partial charge on any atom is -0.481 e. The molecular weight excluding hydrogens is 246 g/mol. The smallest absolute Gasteiger partial charge is 0.306 e. The first-order chi connectivity index (χ1) is 9.08. The molecule has 0 bridgehead atoms. The third kappa shape index (κ3) is 3.36. The van der Waals surface area contributed by atoms with E-state index in [1.165, 1.54) is 0 Å². The third-order valence-electron chi connectivity index (χ3n) is 3.72. The van der Waals surface area contributed by atoms with Crippen LogP contribution >= 0.6 is 0 Å². The first-order valence-corrected chi connectivity index (χ1v) is 6.64. The number of hydrogen-bond acceptors (Lipinski definition) is 3. The molecule has 1 fully saturated rings. The Morgan fingerprint density at radius 1 is 1.42 bits per heavy atom. The van der Waals surface area contributed by atoms with E-state index >= 15 is 0 Å². The van der Waals surface area contributed by atoms with E-state index in [-0.39, 0.29) is 23.8 Å². The Bertz CT molecular complexity index is 440. The van der Waals surface area contributed by atoms with Crippen LogP contribution in [0.3, 0.4) is 0 Å². The van der Waals surface area contributed by atoms with Crippen LogP contribution in [0.2, 0.25) is 0 Å². The fraction of sp³-hybridized carbons (Fsp3) is 0.571. The molecular formula is C14H19NO4. The summed E-state index contributed by atoms with van der Waals surface area (Å²) in [5.41, 5.74) is 0. The molecule has 1 amide bonds. The van der Waals surface area contributed by atoms with Crippen LogP contribution in [0.4, 0.5) is 0 Å². The van der Waals surface area contributed by atoms with Crippen LogP contribution in [0.15, 0.2) is 22.8 Å². The number of aliphatic carboxylic acids is 1. The van der Waals surface area contributed by atoms with E-state index in [9.17, 15) is 9.59 Å². The summed E-state index contributed by atoms with van der Waals surface area (Å²) in [6.07, 6.45) is 4.24. The summed E-state index contributed by atoms with van der Waals surface area (Å²) < 4.78 is 5.23. The number of rotatable bonds is 4. The van der Waals surface area contributed by atoms with Crippen molar-refractivity contribution in [3.8, 4) is 0 Å². The molecule has 1 aromatic heterocycles. The minimum absolute atomic E-state index is 0.0742. The molecule has 104 valence electrons. The monoisotopic (exact) mass is 265 g/mol. The van der Waals surface area contributed by atoms with Gasteiger partial charge < -0.3 is 14.8 Å². The first-order valence-electron chi connectivity index (χ1n) is 6.64. The summed E-state index contributed by atoms with van der Waals surface area (Å²) in [6, 6.07) is 3.40. The van der Waals surface area contributed by atoms with Gasteiger partial charge in [-0.2, -0.15) is 0 Å². The molecule has 1 heterocycles. The Kier molecular flexibility index (Phi) is 4.24. The molecule has 1 aromatic rings. The summed E-state index contributed by atoms with van der Waals surface area (Å²) in [5, 5.41) is 11.9. The zero-order chi connectivity index (χ0) is 13.8. The lowest BCUT2D eigenvalue weighted by Crippen LogP contribution is -2.36. The molecule has 0 radical (unpaired) electrons. The summed E-state index contributed by atoms with van der Waals surface area (Å²) in [7, 11) is 0. The second-order valence-electron chi connectivity index (χ2n) is 5.14. The van der Waals surface area contributed by atoms with Crippen molar-refractivity contribution >= 4 is 11.9 Å². The van der Waals surface area contributed by atoms with E-state index in [1.807, 2.05) is 13.0 Å². The molecule has 0 aromatic carbocycles. The Hall–Kier alpha value is -1.78. The van der Waals surface area contributed by atoms with Crippen molar-refractivity contribution < 1.29 is 19.1 Å². The van der Waals surface area contributed by atoms with E-state index in [0.717, 1.165) is 12.8 Å². The van der Waals surface area contributed by atoms with Crippen LogP contribution in [0.25, 0.3) is 0 Å². The lowest BCUT2D eigenvalue weighted by atomic mass is 9.81. The van der Waals surface area contributed by atoms with Crippen molar-refractivity contribution in [1.82, 2.24) is 5.32 Å². The largest absolute Gasteiger partial charge is 0.481 e. The highest BCUT2D eigenvalue weighted by Gasteiger charge is 2.31. The standard InChI is InChI=1S/C14H19NO4/c1-9(12-6-3-7-19-12)15-13(16)10-4-2-5-11(8-10)14(17)18/h3,6-7,9-11H,2,4-5,8H2,1H3,(H,15,16)(H,17,18). The maximum atomic E-state index is 12.1. The van der Waals surface area contributed by atoms with E-state index in [2.05, 4.69) is 5.32 Å². The Morgan fingerprint density at radius 2 is 2.16 bits per heavy atom. The number of hydrogen-bond donors (Lipinski definition) is 2. The average Bonchev–Trinajstić information content (AvgIpc) is 2.92. The van der Waals surface area contributed by atoms with Crippen molar-refractivity contribution in [1.29, 1.82) is 0 Å². The highest BCUT2D eigenvalue weighted by Crippen LogP contribution is 2.29. The number of amides is 1. The molecule has 3 atom stereocenters. The van der Waals surface area contributed by atoms with Crippen LogP contribution in [-0.4, -0.2) is 17.0 Å². The van der Waals surface area contributed by atoms with Crippen LogP contribution < -0.4 is 5.32 Å². The Labute approximate surface area is 112 Å². The maximum Gasteiger partial charge on any atom is 0.306 e.